The lowest BCUT2D eigenvalue weighted by Crippen LogP contribution is -1.72. The molecule has 11 heavy (non-hydrogen) atoms. The Morgan fingerprint density at radius 3 is 2.64 bits per heavy atom. The predicted molar refractivity (Wildman–Crippen MR) is 50.6 cm³/mol. The van der Waals surface area contributed by atoms with Crippen LogP contribution in [-0.2, 0) is 0 Å². The highest BCUT2D eigenvalue weighted by atomic mass is 14.3. The first kappa shape index (κ1) is 8.83. The van der Waals surface area contributed by atoms with E-state index in [-0.39, 0.29) is 0 Å². The van der Waals surface area contributed by atoms with Crippen molar-refractivity contribution in [3.05, 3.63) is 12.2 Å². The van der Waals surface area contributed by atoms with Gasteiger partial charge in [0.25, 0.3) is 0 Å². The number of allylic oxidation sites excluding steroid dienone is 2. The minimum Gasteiger partial charge on any atom is -0.0882 e. The van der Waals surface area contributed by atoms with Gasteiger partial charge in [-0.25, -0.2) is 0 Å². The first-order valence-electron chi connectivity index (χ1n) is 5.01. The number of rotatable bonds is 5. The SMILES string of the molecule is CCCCC/C=C\[C@@H]1CC1C. The van der Waals surface area contributed by atoms with Gasteiger partial charge in [-0.2, -0.15) is 0 Å². The second kappa shape index (κ2) is 4.58. The van der Waals surface area contributed by atoms with Crippen molar-refractivity contribution in [1.82, 2.24) is 0 Å². The van der Waals surface area contributed by atoms with E-state index in [4.69, 9.17) is 0 Å². The van der Waals surface area contributed by atoms with Gasteiger partial charge in [0.05, 0.1) is 0 Å². The molecule has 0 bridgehead atoms. The number of unbranched alkanes of at least 4 members (excludes halogenated alkanes) is 3. The molecule has 0 spiro atoms. The molecule has 0 heteroatoms. The standard InChI is InChI=1S/C11H20/c1-3-4-5-6-7-8-11-9-10(11)2/h7-8,10-11H,3-6,9H2,1-2H3/b8-7-/t10?,11-/m1/s1. The minimum absolute atomic E-state index is 0.941. The summed E-state index contributed by atoms with van der Waals surface area (Å²) in [4.78, 5) is 0. The van der Waals surface area contributed by atoms with E-state index < -0.39 is 0 Å². The zero-order chi connectivity index (χ0) is 8.10. The van der Waals surface area contributed by atoms with Gasteiger partial charge < -0.3 is 0 Å². The lowest BCUT2D eigenvalue weighted by molar-refractivity contribution is 0.727. The molecular formula is C11H20. The molecule has 1 saturated carbocycles. The van der Waals surface area contributed by atoms with Gasteiger partial charge in [-0.3, -0.25) is 0 Å². The third-order valence-electron chi connectivity index (χ3n) is 2.53. The average Bonchev–Trinajstić information content (AvgIpc) is 2.67. The highest BCUT2D eigenvalue weighted by Crippen LogP contribution is 2.38. The molecule has 0 aromatic heterocycles. The van der Waals surface area contributed by atoms with E-state index in [1.807, 2.05) is 0 Å². The highest BCUT2D eigenvalue weighted by molar-refractivity contribution is 5.00. The van der Waals surface area contributed by atoms with Crippen LogP contribution in [-0.4, -0.2) is 0 Å². The van der Waals surface area contributed by atoms with Crippen LogP contribution in [0.25, 0.3) is 0 Å². The molecule has 0 amide bonds. The maximum Gasteiger partial charge on any atom is -0.0205 e. The van der Waals surface area contributed by atoms with Crippen molar-refractivity contribution >= 4 is 0 Å². The zero-order valence-electron chi connectivity index (χ0n) is 7.84. The van der Waals surface area contributed by atoms with Crippen LogP contribution in [0.3, 0.4) is 0 Å². The van der Waals surface area contributed by atoms with E-state index in [2.05, 4.69) is 26.0 Å². The second-order valence-electron chi connectivity index (χ2n) is 3.80. The Morgan fingerprint density at radius 1 is 1.36 bits per heavy atom. The van der Waals surface area contributed by atoms with Crippen molar-refractivity contribution < 1.29 is 0 Å². The molecule has 0 aliphatic heterocycles. The fourth-order valence-corrected chi connectivity index (χ4v) is 1.40. The first-order chi connectivity index (χ1) is 5.34. The summed E-state index contributed by atoms with van der Waals surface area (Å²) in [5, 5.41) is 0. The van der Waals surface area contributed by atoms with E-state index in [0.717, 1.165) is 11.8 Å². The van der Waals surface area contributed by atoms with Crippen LogP contribution >= 0.6 is 0 Å². The molecule has 0 saturated heterocycles. The Bertz CT molecular complexity index is 124. The largest absolute Gasteiger partial charge is 0.0882 e. The summed E-state index contributed by atoms with van der Waals surface area (Å²) in [6.45, 7) is 4.59. The normalized spacial score (nSPS) is 29.6. The molecule has 0 nitrogen and oxygen atoms in total. The molecule has 1 rings (SSSR count). The van der Waals surface area contributed by atoms with Crippen LogP contribution < -0.4 is 0 Å². The smallest absolute Gasteiger partial charge is 0.0205 e. The third kappa shape index (κ3) is 3.60. The van der Waals surface area contributed by atoms with Gasteiger partial charge in [0.1, 0.15) is 0 Å². The Kier molecular flexibility index (Phi) is 3.68. The van der Waals surface area contributed by atoms with Crippen LogP contribution in [0.5, 0.6) is 0 Å². The molecule has 1 unspecified atom stereocenters. The summed E-state index contributed by atoms with van der Waals surface area (Å²) >= 11 is 0. The molecule has 2 atom stereocenters. The van der Waals surface area contributed by atoms with E-state index in [1.165, 1.54) is 32.1 Å². The average molecular weight is 152 g/mol. The lowest BCUT2D eigenvalue weighted by Gasteiger charge is -1.90. The molecule has 1 aliphatic rings. The van der Waals surface area contributed by atoms with Gasteiger partial charge >= 0.3 is 0 Å². The summed E-state index contributed by atoms with van der Waals surface area (Å²) in [5.41, 5.74) is 0. The quantitative estimate of drug-likeness (QED) is 0.415. The number of hydrogen-bond acceptors (Lipinski definition) is 0. The van der Waals surface area contributed by atoms with Crippen molar-refractivity contribution in [3.8, 4) is 0 Å². The minimum atomic E-state index is 0.941. The molecule has 64 valence electrons. The molecule has 0 N–H and O–H groups in total. The van der Waals surface area contributed by atoms with Crippen LogP contribution in [0.2, 0.25) is 0 Å². The molecule has 1 aliphatic carbocycles. The van der Waals surface area contributed by atoms with Gasteiger partial charge in [-0.1, -0.05) is 38.8 Å². The van der Waals surface area contributed by atoms with Gasteiger partial charge in [-0.05, 0) is 31.1 Å². The van der Waals surface area contributed by atoms with Gasteiger partial charge in [0.2, 0.25) is 0 Å². The van der Waals surface area contributed by atoms with E-state index >= 15 is 0 Å². The van der Waals surface area contributed by atoms with Crippen LogP contribution in [0.15, 0.2) is 12.2 Å². The maximum absolute atomic E-state index is 2.42. The van der Waals surface area contributed by atoms with Crippen molar-refractivity contribution in [2.24, 2.45) is 11.8 Å². The molecule has 0 radical (unpaired) electrons. The topological polar surface area (TPSA) is 0 Å². The van der Waals surface area contributed by atoms with Crippen molar-refractivity contribution in [3.63, 3.8) is 0 Å². The number of hydrogen-bond donors (Lipinski definition) is 0. The summed E-state index contributed by atoms with van der Waals surface area (Å²) in [6.07, 6.45) is 11.7. The zero-order valence-corrected chi connectivity index (χ0v) is 7.84. The summed E-state index contributed by atoms with van der Waals surface area (Å²) in [7, 11) is 0. The van der Waals surface area contributed by atoms with Gasteiger partial charge in [0, 0.05) is 0 Å². The van der Waals surface area contributed by atoms with Crippen molar-refractivity contribution in [2.45, 2.75) is 46.0 Å². The van der Waals surface area contributed by atoms with Crippen LogP contribution in [0, 0.1) is 11.8 Å². The predicted octanol–water partition coefficient (Wildman–Crippen LogP) is 3.78. The molecule has 0 heterocycles. The van der Waals surface area contributed by atoms with Crippen LogP contribution in [0.1, 0.15) is 46.0 Å². The third-order valence-corrected chi connectivity index (χ3v) is 2.53. The summed E-state index contributed by atoms with van der Waals surface area (Å²) < 4.78 is 0. The van der Waals surface area contributed by atoms with E-state index in [9.17, 15) is 0 Å². The molecule has 0 aromatic rings. The van der Waals surface area contributed by atoms with E-state index in [1.54, 1.807) is 0 Å². The maximum atomic E-state index is 2.42. The van der Waals surface area contributed by atoms with Gasteiger partial charge in [-0.15, -0.1) is 0 Å². The molecular weight excluding hydrogens is 132 g/mol. The monoisotopic (exact) mass is 152 g/mol. The van der Waals surface area contributed by atoms with E-state index in [0.29, 0.717) is 0 Å². The molecule has 1 fully saturated rings. The second-order valence-corrected chi connectivity index (χ2v) is 3.80. The van der Waals surface area contributed by atoms with Crippen molar-refractivity contribution in [2.75, 3.05) is 0 Å². The Labute approximate surface area is 70.7 Å². The fourth-order valence-electron chi connectivity index (χ4n) is 1.40. The Morgan fingerprint density at radius 2 is 2.09 bits per heavy atom. The Balaban J connectivity index is 1.90. The Hall–Kier alpha value is -0.260. The fraction of sp³-hybridized carbons (Fsp3) is 0.818. The first-order valence-corrected chi connectivity index (χ1v) is 5.01. The molecule has 0 aromatic carbocycles. The highest BCUT2D eigenvalue weighted by Gasteiger charge is 2.29. The lowest BCUT2D eigenvalue weighted by atomic mass is 10.2. The summed E-state index contributed by atoms with van der Waals surface area (Å²) in [5.74, 6) is 1.93. The van der Waals surface area contributed by atoms with Gasteiger partial charge in [0.15, 0.2) is 0 Å². The van der Waals surface area contributed by atoms with Crippen LogP contribution in [0.4, 0.5) is 0 Å². The summed E-state index contributed by atoms with van der Waals surface area (Å²) in [6, 6.07) is 0. The van der Waals surface area contributed by atoms with Crippen molar-refractivity contribution in [1.29, 1.82) is 0 Å².